The Bertz CT molecular complexity index is 390. The van der Waals surface area contributed by atoms with Crippen LogP contribution in [0.4, 0.5) is 0 Å². The molecule has 1 aromatic carbocycles. The molecule has 3 nitrogen and oxygen atoms in total. The van der Waals surface area contributed by atoms with Crippen molar-refractivity contribution in [3.8, 4) is 0 Å². The van der Waals surface area contributed by atoms with Crippen molar-refractivity contribution in [3.05, 3.63) is 33.8 Å². The Labute approximate surface area is 103 Å². The molecule has 0 unspecified atom stereocenters. The van der Waals surface area contributed by atoms with E-state index in [9.17, 15) is 0 Å². The van der Waals surface area contributed by atoms with Gasteiger partial charge in [0.2, 0.25) is 0 Å². The van der Waals surface area contributed by atoms with Gasteiger partial charge in [-0.2, -0.15) is 5.10 Å². The molecule has 0 aliphatic rings. The minimum absolute atomic E-state index is 0.166. The molecule has 0 fully saturated rings. The molecule has 0 spiro atoms. The largest absolute Gasteiger partial charge is 0.375 e. The van der Waals surface area contributed by atoms with Gasteiger partial charge >= 0.3 is 0 Å². The molecule has 15 heavy (non-hydrogen) atoms. The average molecular weight is 286 g/mol. The predicted octanol–water partition coefficient (Wildman–Crippen LogP) is 2.18. The molecule has 0 radical (unpaired) electrons. The van der Waals surface area contributed by atoms with Gasteiger partial charge < -0.3 is 5.73 Å². The van der Waals surface area contributed by atoms with Crippen molar-refractivity contribution in [2.24, 2.45) is 10.8 Å². The first-order valence-electron chi connectivity index (χ1n) is 4.50. The molecular weight excluding hydrogens is 274 g/mol. The highest BCUT2D eigenvalue weighted by molar-refractivity contribution is 9.10. The zero-order valence-corrected chi connectivity index (χ0v) is 10.7. The Balaban J connectivity index is 2.87. The summed E-state index contributed by atoms with van der Waals surface area (Å²) < 4.78 is 1.02. The van der Waals surface area contributed by atoms with Crippen molar-refractivity contribution in [3.63, 3.8) is 0 Å². The zero-order valence-electron chi connectivity index (χ0n) is 8.33. The predicted molar refractivity (Wildman–Crippen MR) is 71.0 cm³/mol. The quantitative estimate of drug-likeness (QED) is 0.509. The number of halogens is 1. The summed E-state index contributed by atoms with van der Waals surface area (Å²) in [6.07, 6.45) is 2.67. The van der Waals surface area contributed by atoms with Crippen LogP contribution < -0.4 is 11.2 Å². The van der Waals surface area contributed by atoms with E-state index in [1.807, 2.05) is 12.1 Å². The summed E-state index contributed by atoms with van der Waals surface area (Å²) in [7, 11) is 0. The molecule has 0 saturated heterocycles. The van der Waals surface area contributed by atoms with Crippen LogP contribution in [0.15, 0.2) is 27.8 Å². The molecule has 0 amide bonds. The van der Waals surface area contributed by atoms with Gasteiger partial charge in [0.15, 0.2) is 5.11 Å². The molecule has 1 aromatic rings. The van der Waals surface area contributed by atoms with E-state index < -0.39 is 0 Å². The summed E-state index contributed by atoms with van der Waals surface area (Å²) in [4.78, 5) is 0. The number of nitrogens with two attached hydrogens (primary N) is 1. The van der Waals surface area contributed by atoms with Gasteiger partial charge in [0.1, 0.15) is 0 Å². The molecule has 0 aliphatic carbocycles. The lowest BCUT2D eigenvalue weighted by molar-refractivity contribution is 1.04. The fourth-order valence-electron chi connectivity index (χ4n) is 1.17. The lowest BCUT2D eigenvalue weighted by Crippen LogP contribution is -2.24. The Morgan fingerprint density at radius 1 is 1.67 bits per heavy atom. The van der Waals surface area contributed by atoms with Crippen molar-refractivity contribution in [2.75, 3.05) is 0 Å². The molecule has 1 rings (SSSR count). The van der Waals surface area contributed by atoms with Crippen LogP contribution in [0, 0.1) is 0 Å². The summed E-state index contributed by atoms with van der Waals surface area (Å²) in [5.41, 5.74) is 10.1. The lowest BCUT2D eigenvalue weighted by atomic mass is 10.1. The maximum atomic E-state index is 5.25. The number of hydrogen-bond acceptors (Lipinski definition) is 2. The maximum Gasteiger partial charge on any atom is 0.184 e. The van der Waals surface area contributed by atoms with Crippen molar-refractivity contribution in [1.82, 2.24) is 5.43 Å². The van der Waals surface area contributed by atoms with Crippen LogP contribution in [0.2, 0.25) is 0 Å². The molecule has 0 atom stereocenters. The molecule has 3 N–H and O–H groups in total. The van der Waals surface area contributed by atoms with Crippen LogP contribution in [0.1, 0.15) is 18.1 Å². The van der Waals surface area contributed by atoms with E-state index in [2.05, 4.69) is 51.7 Å². The second kappa shape index (κ2) is 5.82. The van der Waals surface area contributed by atoms with Crippen LogP contribution in [0.5, 0.6) is 0 Å². The van der Waals surface area contributed by atoms with E-state index in [4.69, 9.17) is 5.73 Å². The fourth-order valence-corrected chi connectivity index (χ4v) is 1.60. The van der Waals surface area contributed by atoms with E-state index in [-0.39, 0.29) is 5.11 Å². The molecule has 80 valence electrons. The first-order valence-corrected chi connectivity index (χ1v) is 5.70. The average Bonchev–Trinajstić information content (AvgIpc) is 2.17. The van der Waals surface area contributed by atoms with E-state index in [1.54, 1.807) is 6.21 Å². The summed E-state index contributed by atoms with van der Waals surface area (Å²) in [6, 6.07) is 6.08. The number of thiocarbonyl (C=S) groups is 1. The molecule has 0 aromatic heterocycles. The second-order valence-corrected chi connectivity index (χ2v) is 4.29. The monoisotopic (exact) mass is 285 g/mol. The van der Waals surface area contributed by atoms with E-state index in [1.165, 1.54) is 5.56 Å². The highest BCUT2D eigenvalue weighted by Crippen LogP contribution is 2.15. The molecule has 0 aliphatic heterocycles. The molecule has 0 heterocycles. The van der Waals surface area contributed by atoms with Crippen LogP contribution >= 0.6 is 28.1 Å². The minimum Gasteiger partial charge on any atom is -0.375 e. The summed E-state index contributed by atoms with van der Waals surface area (Å²) >= 11 is 8.06. The van der Waals surface area contributed by atoms with Crippen molar-refractivity contribution < 1.29 is 0 Å². The van der Waals surface area contributed by atoms with Crippen LogP contribution in [-0.2, 0) is 6.42 Å². The lowest BCUT2D eigenvalue weighted by Gasteiger charge is -2.03. The number of rotatable bonds is 3. The first kappa shape index (κ1) is 12.1. The van der Waals surface area contributed by atoms with Crippen LogP contribution in [-0.4, -0.2) is 11.3 Å². The van der Waals surface area contributed by atoms with Gasteiger partial charge in [0.25, 0.3) is 0 Å². The molecule has 5 heteroatoms. The van der Waals surface area contributed by atoms with Gasteiger partial charge in [0.05, 0.1) is 6.21 Å². The van der Waals surface area contributed by atoms with Crippen LogP contribution in [0.3, 0.4) is 0 Å². The SMILES string of the molecule is CCc1ccc(Br)cc1C=NNC(N)=S. The zero-order chi connectivity index (χ0) is 11.3. The van der Waals surface area contributed by atoms with Gasteiger partial charge in [-0.1, -0.05) is 28.9 Å². The normalized spacial score (nSPS) is 10.5. The van der Waals surface area contributed by atoms with Gasteiger partial charge in [-0.05, 0) is 41.9 Å². The van der Waals surface area contributed by atoms with Gasteiger partial charge in [-0.15, -0.1) is 0 Å². The molecule has 0 bridgehead atoms. The van der Waals surface area contributed by atoms with Gasteiger partial charge in [0, 0.05) is 4.47 Å². The topological polar surface area (TPSA) is 50.4 Å². The number of hydrogen-bond donors (Lipinski definition) is 2. The molecule has 0 saturated carbocycles. The maximum absolute atomic E-state index is 5.25. The van der Waals surface area contributed by atoms with E-state index >= 15 is 0 Å². The highest BCUT2D eigenvalue weighted by Gasteiger charge is 1.98. The third kappa shape index (κ3) is 3.97. The van der Waals surface area contributed by atoms with Crippen molar-refractivity contribution >= 4 is 39.5 Å². The number of aryl methyl sites for hydroxylation is 1. The Morgan fingerprint density at radius 3 is 3.00 bits per heavy atom. The smallest absolute Gasteiger partial charge is 0.184 e. The molecular formula is C10H12BrN3S. The first-order chi connectivity index (χ1) is 7.13. The van der Waals surface area contributed by atoms with Gasteiger partial charge in [-0.25, -0.2) is 0 Å². The Hall–Kier alpha value is -0.940. The second-order valence-electron chi connectivity index (χ2n) is 2.93. The van der Waals surface area contributed by atoms with Crippen molar-refractivity contribution in [2.45, 2.75) is 13.3 Å². The standard InChI is InChI=1S/C10H12BrN3S/c1-2-7-3-4-9(11)5-8(7)6-13-14-10(12)15/h3-6H,2H2,1H3,(H3,12,14,15). The fraction of sp³-hybridized carbons (Fsp3) is 0.200. The number of nitrogens with one attached hydrogen (secondary N) is 1. The Kier molecular flexibility index (Phi) is 4.71. The van der Waals surface area contributed by atoms with Crippen LogP contribution in [0.25, 0.3) is 0 Å². The summed E-state index contributed by atoms with van der Waals surface area (Å²) in [5.74, 6) is 0. The highest BCUT2D eigenvalue weighted by atomic mass is 79.9. The number of nitrogens with zero attached hydrogens (tertiary/aromatic N) is 1. The van der Waals surface area contributed by atoms with Gasteiger partial charge in [-0.3, -0.25) is 5.43 Å². The van der Waals surface area contributed by atoms with E-state index in [0.29, 0.717) is 0 Å². The summed E-state index contributed by atoms with van der Waals surface area (Å²) in [5, 5.41) is 4.09. The summed E-state index contributed by atoms with van der Waals surface area (Å²) in [6.45, 7) is 2.10. The Morgan fingerprint density at radius 2 is 2.40 bits per heavy atom. The van der Waals surface area contributed by atoms with Crippen molar-refractivity contribution in [1.29, 1.82) is 0 Å². The number of hydrazone groups is 1. The number of benzene rings is 1. The van der Waals surface area contributed by atoms with E-state index in [0.717, 1.165) is 16.5 Å². The minimum atomic E-state index is 0.166. The third-order valence-electron chi connectivity index (χ3n) is 1.87. The third-order valence-corrected chi connectivity index (χ3v) is 2.45.